The van der Waals surface area contributed by atoms with Crippen molar-refractivity contribution < 1.29 is 14.3 Å². The van der Waals surface area contributed by atoms with Gasteiger partial charge in [0, 0.05) is 38.4 Å². The van der Waals surface area contributed by atoms with E-state index in [1.165, 1.54) is 18.2 Å². The highest BCUT2D eigenvalue weighted by Crippen LogP contribution is 2.18. The van der Waals surface area contributed by atoms with Crippen molar-refractivity contribution in [2.24, 2.45) is 0 Å². The maximum Gasteiger partial charge on any atom is 0.322 e. The summed E-state index contributed by atoms with van der Waals surface area (Å²) in [5.41, 5.74) is 6.06. The first kappa shape index (κ1) is 14.5. The fraction of sp³-hybridized carbons (Fsp3) is 0.462. The van der Waals surface area contributed by atoms with E-state index in [2.05, 4.69) is 10.2 Å². The van der Waals surface area contributed by atoms with Gasteiger partial charge in [-0.3, -0.25) is 4.90 Å². The molecular weight excluding hydrogens is 263 g/mol. The van der Waals surface area contributed by atoms with Crippen molar-refractivity contribution in [1.29, 1.82) is 0 Å². The zero-order valence-corrected chi connectivity index (χ0v) is 11.2. The molecule has 1 aliphatic rings. The number of nitrogen functional groups attached to an aromatic ring is 1. The van der Waals surface area contributed by atoms with Crippen LogP contribution in [0.4, 0.5) is 20.6 Å². The number of nitrogens with one attached hydrogen (secondary N) is 1. The Hall–Kier alpha value is -1.86. The van der Waals surface area contributed by atoms with Crippen LogP contribution in [0.1, 0.15) is 0 Å². The molecule has 0 atom stereocenters. The lowest BCUT2D eigenvalue weighted by Gasteiger charge is -2.34. The van der Waals surface area contributed by atoms with Crippen molar-refractivity contribution >= 4 is 17.4 Å². The Morgan fingerprint density at radius 1 is 1.35 bits per heavy atom. The maximum atomic E-state index is 13.5. The van der Waals surface area contributed by atoms with Crippen LogP contribution in [0.25, 0.3) is 0 Å². The molecule has 1 heterocycles. The van der Waals surface area contributed by atoms with Gasteiger partial charge in [-0.2, -0.15) is 0 Å². The molecule has 1 aromatic rings. The van der Waals surface area contributed by atoms with Crippen molar-refractivity contribution in [2.75, 3.05) is 50.4 Å². The first-order valence-corrected chi connectivity index (χ1v) is 6.54. The molecule has 0 spiro atoms. The number of piperazine rings is 1. The number of hydrogen-bond donors (Lipinski definition) is 3. The summed E-state index contributed by atoms with van der Waals surface area (Å²) in [5, 5.41) is 11.4. The Morgan fingerprint density at radius 3 is 2.70 bits per heavy atom. The molecule has 2 amide bonds. The molecule has 1 fully saturated rings. The Kier molecular flexibility index (Phi) is 4.75. The molecule has 0 saturated carbocycles. The first-order chi connectivity index (χ1) is 9.60. The van der Waals surface area contributed by atoms with Gasteiger partial charge in [-0.1, -0.05) is 0 Å². The van der Waals surface area contributed by atoms with Crippen LogP contribution in [0.5, 0.6) is 0 Å². The van der Waals surface area contributed by atoms with Gasteiger partial charge in [0.05, 0.1) is 12.3 Å². The quantitative estimate of drug-likeness (QED) is 0.707. The fourth-order valence-electron chi connectivity index (χ4n) is 2.15. The molecule has 1 aromatic carbocycles. The van der Waals surface area contributed by atoms with Crippen LogP contribution in [0.3, 0.4) is 0 Å². The van der Waals surface area contributed by atoms with E-state index in [0.29, 0.717) is 38.4 Å². The Bertz CT molecular complexity index is 475. The van der Waals surface area contributed by atoms with Crippen molar-refractivity contribution in [3.05, 3.63) is 24.0 Å². The molecule has 1 saturated heterocycles. The summed E-state index contributed by atoms with van der Waals surface area (Å²) in [6, 6.07) is 3.73. The molecule has 0 bridgehead atoms. The molecule has 0 aromatic heterocycles. The van der Waals surface area contributed by atoms with E-state index in [1.807, 2.05) is 0 Å². The van der Waals surface area contributed by atoms with Crippen LogP contribution in [0.15, 0.2) is 18.2 Å². The van der Waals surface area contributed by atoms with Gasteiger partial charge in [0.25, 0.3) is 0 Å². The Balaban J connectivity index is 1.91. The van der Waals surface area contributed by atoms with Crippen LogP contribution < -0.4 is 11.1 Å². The number of aliphatic hydroxyl groups is 1. The topological polar surface area (TPSA) is 81.8 Å². The summed E-state index contributed by atoms with van der Waals surface area (Å²) in [6.45, 7) is 3.23. The van der Waals surface area contributed by atoms with Crippen LogP contribution >= 0.6 is 0 Å². The minimum Gasteiger partial charge on any atom is -0.399 e. The van der Waals surface area contributed by atoms with Gasteiger partial charge in [0.15, 0.2) is 0 Å². The largest absolute Gasteiger partial charge is 0.399 e. The number of carbonyl (C=O) groups is 1. The van der Waals surface area contributed by atoms with Crippen LogP contribution in [-0.2, 0) is 0 Å². The second-order valence-corrected chi connectivity index (χ2v) is 4.72. The highest BCUT2D eigenvalue weighted by atomic mass is 19.1. The number of β-amino-alcohol motifs (C(OH)–C–C–N with tert-alkyl or cyclic N) is 1. The summed E-state index contributed by atoms with van der Waals surface area (Å²) in [5.74, 6) is -0.508. The third-order valence-corrected chi connectivity index (χ3v) is 3.31. The Morgan fingerprint density at radius 2 is 2.05 bits per heavy atom. The van der Waals surface area contributed by atoms with Crippen LogP contribution in [-0.4, -0.2) is 60.3 Å². The lowest BCUT2D eigenvalue weighted by atomic mass is 10.2. The minimum absolute atomic E-state index is 0.0905. The second-order valence-electron chi connectivity index (χ2n) is 4.72. The molecule has 6 nitrogen and oxygen atoms in total. The average Bonchev–Trinajstić information content (AvgIpc) is 2.44. The molecule has 1 aliphatic heterocycles. The predicted octanol–water partition coefficient (Wildman–Crippen LogP) is 0.550. The first-order valence-electron chi connectivity index (χ1n) is 6.54. The molecule has 0 radical (unpaired) electrons. The summed E-state index contributed by atoms with van der Waals surface area (Å²) >= 11 is 0. The standard InChI is InChI=1S/C13H19FN4O2/c14-11-2-1-10(15)9-12(11)16-13(20)18-5-3-17(4-6-18)7-8-19/h1-2,9,19H,3-8,15H2,(H,16,20). The number of carbonyl (C=O) groups excluding carboxylic acids is 1. The number of rotatable bonds is 3. The average molecular weight is 282 g/mol. The number of urea groups is 1. The van der Waals surface area contributed by atoms with E-state index in [4.69, 9.17) is 10.8 Å². The van der Waals surface area contributed by atoms with E-state index in [0.717, 1.165) is 0 Å². The number of nitrogens with two attached hydrogens (primary N) is 1. The monoisotopic (exact) mass is 282 g/mol. The molecule has 0 aliphatic carbocycles. The molecule has 110 valence electrons. The zero-order valence-electron chi connectivity index (χ0n) is 11.2. The van der Waals surface area contributed by atoms with Crippen molar-refractivity contribution in [1.82, 2.24) is 9.80 Å². The summed E-state index contributed by atoms with van der Waals surface area (Å²) in [4.78, 5) is 15.7. The van der Waals surface area contributed by atoms with Crippen molar-refractivity contribution in [3.8, 4) is 0 Å². The molecule has 0 unspecified atom stereocenters. The number of halogens is 1. The number of nitrogens with zero attached hydrogens (tertiary/aromatic N) is 2. The summed E-state index contributed by atoms with van der Waals surface area (Å²) in [7, 11) is 0. The maximum absolute atomic E-state index is 13.5. The van der Waals surface area contributed by atoms with E-state index in [-0.39, 0.29) is 18.3 Å². The smallest absolute Gasteiger partial charge is 0.322 e. The van der Waals surface area contributed by atoms with Gasteiger partial charge in [0.2, 0.25) is 0 Å². The number of benzene rings is 1. The van der Waals surface area contributed by atoms with Crippen LogP contribution in [0.2, 0.25) is 0 Å². The third kappa shape index (κ3) is 3.58. The van der Waals surface area contributed by atoms with Gasteiger partial charge in [-0.15, -0.1) is 0 Å². The predicted molar refractivity (Wildman–Crippen MR) is 74.9 cm³/mol. The number of anilines is 2. The van der Waals surface area contributed by atoms with Gasteiger partial charge in [0.1, 0.15) is 5.82 Å². The number of hydrogen-bond acceptors (Lipinski definition) is 4. The number of aliphatic hydroxyl groups excluding tert-OH is 1. The van der Waals surface area contributed by atoms with E-state index in [9.17, 15) is 9.18 Å². The normalized spacial score (nSPS) is 16.2. The van der Waals surface area contributed by atoms with E-state index >= 15 is 0 Å². The highest BCUT2D eigenvalue weighted by Gasteiger charge is 2.21. The molecule has 20 heavy (non-hydrogen) atoms. The molecule has 4 N–H and O–H groups in total. The molecule has 2 rings (SSSR count). The molecular formula is C13H19FN4O2. The van der Waals surface area contributed by atoms with Gasteiger partial charge < -0.3 is 21.1 Å². The van der Waals surface area contributed by atoms with Crippen LogP contribution in [0, 0.1) is 5.82 Å². The van der Waals surface area contributed by atoms with E-state index < -0.39 is 5.82 Å². The summed E-state index contributed by atoms with van der Waals surface area (Å²) < 4.78 is 13.5. The second kappa shape index (κ2) is 6.53. The minimum atomic E-state index is -0.508. The van der Waals surface area contributed by atoms with Gasteiger partial charge in [-0.25, -0.2) is 9.18 Å². The zero-order chi connectivity index (χ0) is 14.5. The fourth-order valence-corrected chi connectivity index (χ4v) is 2.15. The summed E-state index contributed by atoms with van der Waals surface area (Å²) in [6.07, 6.45) is 0. The Labute approximate surface area is 117 Å². The van der Waals surface area contributed by atoms with Gasteiger partial charge in [-0.05, 0) is 18.2 Å². The molecule has 7 heteroatoms. The highest BCUT2D eigenvalue weighted by molar-refractivity contribution is 5.90. The number of amides is 2. The third-order valence-electron chi connectivity index (χ3n) is 3.31. The van der Waals surface area contributed by atoms with Gasteiger partial charge >= 0.3 is 6.03 Å². The van der Waals surface area contributed by atoms with Crippen molar-refractivity contribution in [3.63, 3.8) is 0 Å². The lowest BCUT2D eigenvalue weighted by molar-refractivity contribution is 0.127. The SMILES string of the molecule is Nc1ccc(F)c(NC(=O)N2CCN(CCO)CC2)c1. The lowest BCUT2D eigenvalue weighted by Crippen LogP contribution is -2.50. The van der Waals surface area contributed by atoms with Crippen molar-refractivity contribution in [2.45, 2.75) is 0 Å². The van der Waals surface area contributed by atoms with E-state index in [1.54, 1.807) is 4.90 Å².